The molecule has 1 heterocycles. The van der Waals surface area contributed by atoms with Crippen LogP contribution < -0.4 is 10.6 Å². The number of furan rings is 1. The number of amides is 1. The summed E-state index contributed by atoms with van der Waals surface area (Å²) < 4.78 is 10.7. The number of carbonyl (C=O) groups excluding carboxylic acids is 1. The topological polar surface area (TPSA) is 83.7 Å². The number of nitrogens with one attached hydrogen (secondary N) is 2. The minimum atomic E-state index is -0.754. The lowest BCUT2D eigenvalue weighted by Gasteiger charge is -2.27. The highest BCUT2D eigenvalue weighted by atomic mass is 16.6. The molecule has 0 aromatic carbocycles. The first-order valence-corrected chi connectivity index (χ1v) is 10.00. The van der Waals surface area contributed by atoms with Crippen LogP contribution in [-0.2, 0) is 11.2 Å². The van der Waals surface area contributed by atoms with Gasteiger partial charge in [0.1, 0.15) is 11.4 Å². The fourth-order valence-corrected chi connectivity index (χ4v) is 2.79. The zero-order valence-corrected chi connectivity index (χ0v) is 17.7. The third kappa shape index (κ3) is 11.0. The maximum atomic E-state index is 12.1. The van der Waals surface area contributed by atoms with Gasteiger partial charge >= 0.3 is 6.09 Å². The van der Waals surface area contributed by atoms with Gasteiger partial charge in [-0.05, 0) is 52.2 Å². The van der Waals surface area contributed by atoms with Crippen molar-refractivity contribution in [1.29, 1.82) is 0 Å². The van der Waals surface area contributed by atoms with Gasteiger partial charge in [0.05, 0.1) is 18.4 Å². The zero-order chi connectivity index (χ0) is 20.4. The molecule has 0 saturated heterocycles. The van der Waals surface area contributed by atoms with Crippen molar-refractivity contribution in [2.45, 2.75) is 91.0 Å². The first-order chi connectivity index (χ1) is 12.6. The van der Waals surface area contributed by atoms with Crippen molar-refractivity contribution in [2.75, 3.05) is 6.54 Å². The lowest BCUT2D eigenvalue weighted by Crippen LogP contribution is -2.50. The van der Waals surface area contributed by atoms with Crippen LogP contribution in [0.3, 0.4) is 0 Å². The maximum absolute atomic E-state index is 12.1. The number of alkyl carbamates (subject to hydrolysis) is 1. The van der Waals surface area contributed by atoms with Gasteiger partial charge in [0.25, 0.3) is 0 Å². The molecular weight excluding hydrogens is 344 g/mol. The summed E-state index contributed by atoms with van der Waals surface area (Å²) in [5.41, 5.74) is -0.590. The Morgan fingerprint density at radius 1 is 1.26 bits per heavy atom. The quantitative estimate of drug-likeness (QED) is 0.541. The van der Waals surface area contributed by atoms with Crippen molar-refractivity contribution in [3.63, 3.8) is 0 Å². The average Bonchev–Trinajstić information content (AvgIpc) is 3.02. The number of hydrogen-bond donors (Lipinski definition) is 3. The number of ether oxygens (including phenoxy) is 1. The second kappa shape index (κ2) is 11.3. The molecule has 0 aliphatic heterocycles. The molecule has 3 N–H and O–H groups in total. The molecule has 3 atom stereocenters. The van der Waals surface area contributed by atoms with E-state index >= 15 is 0 Å². The summed E-state index contributed by atoms with van der Waals surface area (Å²) in [5, 5.41) is 16.8. The van der Waals surface area contributed by atoms with Crippen LogP contribution in [0.1, 0.15) is 66.6 Å². The predicted molar refractivity (Wildman–Crippen MR) is 108 cm³/mol. The fourth-order valence-electron chi connectivity index (χ4n) is 2.79. The molecular formula is C21H38N2O4. The molecule has 0 bridgehead atoms. The van der Waals surface area contributed by atoms with Gasteiger partial charge in [-0.15, -0.1) is 0 Å². The molecule has 27 heavy (non-hydrogen) atoms. The smallest absolute Gasteiger partial charge is 0.407 e. The Labute approximate surface area is 164 Å². The van der Waals surface area contributed by atoms with Crippen molar-refractivity contribution in [3.05, 3.63) is 24.2 Å². The summed E-state index contributed by atoms with van der Waals surface area (Å²) in [4.78, 5) is 12.1. The van der Waals surface area contributed by atoms with Crippen LogP contribution in [0, 0.1) is 5.92 Å². The van der Waals surface area contributed by atoms with Crippen LogP contribution in [0.5, 0.6) is 0 Å². The largest absolute Gasteiger partial charge is 0.469 e. The van der Waals surface area contributed by atoms with Crippen LogP contribution in [-0.4, -0.2) is 41.5 Å². The summed E-state index contributed by atoms with van der Waals surface area (Å²) in [6.07, 6.45) is 4.12. The van der Waals surface area contributed by atoms with Gasteiger partial charge in [-0.3, -0.25) is 0 Å². The van der Waals surface area contributed by atoms with Crippen molar-refractivity contribution >= 4 is 6.09 Å². The van der Waals surface area contributed by atoms with Crippen LogP contribution >= 0.6 is 0 Å². The first kappa shape index (κ1) is 23.5. The van der Waals surface area contributed by atoms with E-state index in [0.717, 1.165) is 12.8 Å². The second-order valence-corrected chi connectivity index (χ2v) is 8.74. The van der Waals surface area contributed by atoms with Crippen molar-refractivity contribution < 1.29 is 19.1 Å². The van der Waals surface area contributed by atoms with E-state index in [1.807, 2.05) is 26.8 Å². The van der Waals surface area contributed by atoms with Crippen molar-refractivity contribution in [3.8, 4) is 0 Å². The maximum Gasteiger partial charge on any atom is 0.407 e. The number of aliphatic hydroxyl groups is 1. The molecule has 156 valence electrons. The molecule has 1 rings (SSSR count). The number of carbonyl (C=O) groups is 1. The highest BCUT2D eigenvalue weighted by molar-refractivity contribution is 5.68. The van der Waals surface area contributed by atoms with Crippen molar-refractivity contribution in [1.82, 2.24) is 10.6 Å². The van der Waals surface area contributed by atoms with E-state index in [1.54, 1.807) is 12.3 Å². The van der Waals surface area contributed by atoms with Gasteiger partial charge in [0, 0.05) is 19.0 Å². The minimum absolute atomic E-state index is 0.309. The fraction of sp³-hybridized carbons (Fsp3) is 0.762. The number of hydrogen-bond acceptors (Lipinski definition) is 5. The molecule has 1 aromatic heterocycles. The highest BCUT2D eigenvalue weighted by Crippen LogP contribution is 2.12. The van der Waals surface area contributed by atoms with Crippen LogP contribution in [0.15, 0.2) is 22.8 Å². The molecule has 6 nitrogen and oxygen atoms in total. The highest BCUT2D eigenvalue weighted by Gasteiger charge is 2.26. The Hall–Kier alpha value is -1.53. The lowest BCUT2D eigenvalue weighted by molar-refractivity contribution is 0.0416. The predicted octanol–water partition coefficient (Wildman–Crippen LogP) is 3.88. The van der Waals surface area contributed by atoms with Gasteiger partial charge in [-0.2, -0.15) is 0 Å². The molecule has 0 radical (unpaired) electrons. The molecule has 0 aliphatic carbocycles. The SMILES string of the molecule is CC(C)CCCC(C)NC[C@@H](O)[C@H](Cc1ccco1)NC(=O)OC(C)(C)C. The second-order valence-electron chi connectivity index (χ2n) is 8.74. The van der Waals surface area contributed by atoms with Crippen LogP contribution in [0.4, 0.5) is 4.79 Å². The Balaban J connectivity index is 2.56. The summed E-state index contributed by atoms with van der Waals surface area (Å²) >= 11 is 0. The molecule has 1 aromatic rings. The van der Waals surface area contributed by atoms with Gasteiger partial charge in [0.15, 0.2) is 0 Å². The molecule has 1 amide bonds. The summed E-state index contributed by atoms with van der Waals surface area (Å²) in [5.74, 6) is 1.42. The summed E-state index contributed by atoms with van der Waals surface area (Å²) in [6.45, 7) is 12.4. The van der Waals surface area contributed by atoms with E-state index in [0.29, 0.717) is 30.7 Å². The minimum Gasteiger partial charge on any atom is -0.469 e. The monoisotopic (exact) mass is 382 g/mol. The third-order valence-electron chi connectivity index (χ3n) is 4.26. The molecule has 6 heteroatoms. The summed E-state index contributed by atoms with van der Waals surface area (Å²) in [6, 6.07) is 3.44. The molecule has 0 spiro atoms. The van der Waals surface area contributed by atoms with E-state index in [2.05, 4.69) is 31.4 Å². The van der Waals surface area contributed by atoms with Gasteiger partial charge < -0.3 is 24.9 Å². The van der Waals surface area contributed by atoms with E-state index in [-0.39, 0.29) is 0 Å². The zero-order valence-electron chi connectivity index (χ0n) is 17.7. The Morgan fingerprint density at radius 3 is 2.52 bits per heavy atom. The van der Waals surface area contributed by atoms with E-state index in [4.69, 9.17) is 9.15 Å². The average molecular weight is 383 g/mol. The summed E-state index contributed by atoms with van der Waals surface area (Å²) in [7, 11) is 0. The molecule has 0 fully saturated rings. The van der Waals surface area contributed by atoms with Gasteiger partial charge in [0.2, 0.25) is 0 Å². The van der Waals surface area contributed by atoms with E-state index in [1.165, 1.54) is 6.42 Å². The Kier molecular flexibility index (Phi) is 9.88. The standard InChI is InChI=1S/C21H38N2O4/c1-15(2)9-7-10-16(3)22-14-19(24)18(13-17-11-8-12-26-17)23-20(25)27-21(4,5)6/h8,11-12,15-16,18-19,22,24H,7,9-10,13-14H2,1-6H3,(H,23,25)/t16?,18-,19+/m0/s1. The van der Waals surface area contributed by atoms with E-state index < -0.39 is 23.8 Å². The third-order valence-corrected chi connectivity index (χ3v) is 4.26. The Bertz CT molecular complexity index is 523. The lowest BCUT2D eigenvalue weighted by atomic mass is 10.0. The van der Waals surface area contributed by atoms with Gasteiger partial charge in [-0.25, -0.2) is 4.79 Å². The van der Waals surface area contributed by atoms with Crippen LogP contribution in [0.2, 0.25) is 0 Å². The molecule has 1 unspecified atom stereocenters. The van der Waals surface area contributed by atoms with E-state index in [9.17, 15) is 9.90 Å². The Morgan fingerprint density at radius 2 is 1.96 bits per heavy atom. The van der Waals surface area contributed by atoms with Gasteiger partial charge in [-0.1, -0.05) is 26.7 Å². The van der Waals surface area contributed by atoms with Crippen molar-refractivity contribution in [2.24, 2.45) is 5.92 Å². The normalized spacial score (nSPS) is 15.4. The van der Waals surface area contributed by atoms with Crippen LogP contribution in [0.25, 0.3) is 0 Å². The molecule has 0 saturated carbocycles. The number of aliphatic hydroxyl groups excluding tert-OH is 1. The molecule has 0 aliphatic rings. The first-order valence-electron chi connectivity index (χ1n) is 10.00. The number of rotatable bonds is 11.